The molecule has 0 radical (unpaired) electrons. The van der Waals surface area contributed by atoms with Crippen molar-refractivity contribution in [1.82, 2.24) is 15.5 Å². The number of carbonyl (C=O) groups is 3. The fraction of sp³-hybridized carbons (Fsp3) is 0.344. The highest BCUT2D eigenvalue weighted by Gasteiger charge is 2.34. The summed E-state index contributed by atoms with van der Waals surface area (Å²) in [6.45, 7) is 3.81. The molecule has 208 valence electrons. The van der Waals surface area contributed by atoms with Crippen molar-refractivity contribution in [1.29, 1.82) is 0 Å². The maximum Gasteiger partial charge on any atom is 0.407 e. The van der Waals surface area contributed by atoms with E-state index in [1.807, 2.05) is 54.6 Å². The third kappa shape index (κ3) is 6.18. The van der Waals surface area contributed by atoms with Crippen LogP contribution in [-0.4, -0.2) is 59.3 Å². The van der Waals surface area contributed by atoms with E-state index in [9.17, 15) is 19.5 Å². The minimum absolute atomic E-state index is 0.0276. The molecule has 3 atom stereocenters. The van der Waals surface area contributed by atoms with Crippen molar-refractivity contribution in [2.45, 2.75) is 56.8 Å². The molecule has 2 aliphatic rings. The molecule has 0 aromatic heterocycles. The maximum atomic E-state index is 13.3. The Labute approximate surface area is 234 Å². The Morgan fingerprint density at radius 2 is 1.57 bits per heavy atom. The number of amides is 2. The molecule has 0 bridgehead atoms. The van der Waals surface area contributed by atoms with E-state index < -0.39 is 24.0 Å². The van der Waals surface area contributed by atoms with E-state index in [1.165, 1.54) is 5.56 Å². The van der Waals surface area contributed by atoms with Gasteiger partial charge in [-0.2, -0.15) is 0 Å². The minimum Gasteiger partial charge on any atom is -0.481 e. The van der Waals surface area contributed by atoms with E-state index in [4.69, 9.17) is 4.74 Å². The fourth-order valence-corrected chi connectivity index (χ4v) is 5.84. The largest absolute Gasteiger partial charge is 0.481 e. The smallest absolute Gasteiger partial charge is 0.407 e. The molecule has 1 aliphatic carbocycles. The normalized spacial score (nSPS) is 18.9. The Morgan fingerprint density at radius 3 is 2.23 bits per heavy atom. The molecule has 3 aromatic carbocycles. The SMILES string of the molecule is CC1C(NC(=O)C(CCC(=O)O)NC(=O)OCC2c3ccccc3-c3ccccc32)CCN1Cc1ccccc1. The Hall–Kier alpha value is -4.17. The predicted molar refractivity (Wildman–Crippen MR) is 152 cm³/mol. The first-order valence-electron chi connectivity index (χ1n) is 13.8. The van der Waals surface area contributed by atoms with Gasteiger partial charge in [0.15, 0.2) is 0 Å². The number of ether oxygens (including phenoxy) is 1. The average molecular weight is 542 g/mol. The van der Waals surface area contributed by atoms with Crippen molar-refractivity contribution >= 4 is 18.0 Å². The summed E-state index contributed by atoms with van der Waals surface area (Å²) in [5.41, 5.74) is 5.63. The van der Waals surface area contributed by atoms with Crippen LogP contribution < -0.4 is 10.6 Å². The lowest BCUT2D eigenvalue weighted by atomic mass is 9.98. The first-order valence-corrected chi connectivity index (χ1v) is 13.8. The van der Waals surface area contributed by atoms with Crippen LogP contribution in [0.5, 0.6) is 0 Å². The number of nitrogens with zero attached hydrogens (tertiary/aromatic N) is 1. The molecule has 3 aromatic rings. The average Bonchev–Trinajstić information content (AvgIpc) is 3.47. The van der Waals surface area contributed by atoms with Crippen LogP contribution in [0.2, 0.25) is 0 Å². The molecule has 1 heterocycles. The van der Waals surface area contributed by atoms with E-state index in [2.05, 4.69) is 46.7 Å². The van der Waals surface area contributed by atoms with Crippen molar-refractivity contribution in [3.63, 3.8) is 0 Å². The summed E-state index contributed by atoms with van der Waals surface area (Å²) in [7, 11) is 0. The van der Waals surface area contributed by atoms with Crippen molar-refractivity contribution in [3.05, 3.63) is 95.6 Å². The number of likely N-dealkylation sites (tertiary alicyclic amines) is 1. The molecule has 2 amide bonds. The van der Waals surface area contributed by atoms with Gasteiger partial charge in [-0.15, -0.1) is 0 Å². The molecule has 1 fully saturated rings. The predicted octanol–water partition coefficient (Wildman–Crippen LogP) is 4.54. The number of fused-ring (bicyclic) bond motifs is 3. The summed E-state index contributed by atoms with van der Waals surface area (Å²) in [6.07, 6.45) is -0.240. The molecule has 40 heavy (non-hydrogen) atoms. The van der Waals surface area contributed by atoms with Gasteiger partial charge in [-0.3, -0.25) is 14.5 Å². The quantitative estimate of drug-likeness (QED) is 0.348. The molecule has 5 rings (SSSR count). The van der Waals surface area contributed by atoms with Crippen LogP contribution in [0.15, 0.2) is 78.9 Å². The lowest BCUT2D eigenvalue weighted by Crippen LogP contribution is -2.52. The number of carboxylic acids is 1. The molecule has 1 aliphatic heterocycles. The molecule has 3 unspecified atom stereocenters. The van der Waals surface area contributed by atoms with Gasteiger partial charge in [-0.1, -0.05) is 78.9 Å². The highest BCUT2D eigenvalue weighted by atomic mass is 16.5. The van der Waals surface area contributed by atoms with Gasteiger partial charge in [0.2, 0.25) is 5.91 Å². The van der Waals surface area contributed by atoms with Gasteiger partial charge in [-0.05, 0) is 47.6 Å². The monoisotopic (exact) mass is 541 g/mol. The highest BCUT2D eigenvalue weighted by molar-refractivity contribution is 5.86. The Bertz CT molecular complexity index is 1320. The summed E-state index contributed by atoms with van der Waals surface area (Å²) in [4.78, 5) is 39.7. The van der Waals surface area contributed by atoms with Crippen LogP contribution in [0.4, 0.5) is 4.79 Å². The number of alkyl carbamates (subject to hydrolysis) is 1. The van der Waals surface area contributed by atoms with Gasteiger partial charge in [0, 0.05) is 37.5 Å². The summed E-state index contributed by atoms with van der Waals surface area (Å²) in [6, 6.07) is 25.3. The summed E-state index contributed by atoms with van der Waals surface area (Å²) < 4.78 is 5.62. The van der Waals surface area contributed by atoms with Crippen molar-refractivity contribution in [2.24, 2.45) is 0 Å². The topological polar surface area (TPSA) is 108 Å². The number of aliphatic carboxylic acids is 1. The Balaban J connectivity index is 1.19. The van der Waals surface area contributed by atoms with Gasteiger partial charge < -0.3 is 20.5 Å². The number of benzene rings is 3. The molecule has 0 spiro atoms. The lowest BCUT2D eigenvalue weighted by Gasteiger charge is -2.27. The molecule has 3 N–H and O–H groups in total. The Kier molecular flexibility index (Phi) is 8.45. The summed E-state index contributed by atoms with van der Waals surface area (Å²) >= 11 is 0. The molecular formula is C32H35N3O5. The van der Waals surface area contributed by atoms with Gasteiger partial charge in [0.05, 0.1) is 0 Å². The number of rotatable bonds is 10. The molecule has 1 saturated heterocycles. The third-order valence-corrected chi connectivity index (χ3v) is 8.04. The summed E-state index contributed by atoms with van der Waals surface area (Å²) in [5.74, 6) is -1.54. The molecule has 8 heteroatoms. The Morgan fingerprint density at radius 1 is 0.950 bits per heavy atom. The van der Waals surface area contributed by atoms with Gasteiger partial charge in [0.1, 0.15) is 12.6 Å². The van der Waals surface area contributed by atoms with Crippen LogP contribution in [-0.2, 0) is 20.9 Å². The fourth-order valence-electron chi connectivity index (χ4n) is 5.84. The molecular weight excluding hydrogens is 506 g/mol. The standard InChI is InChI=1S/C32H35N3O5/c1-21-28(17-18-35(21)19-22-9-3-2-4-10-22)33-31(38)29(15-16-30(36)37)34-32(39)40-20-27-25-13-7-5-11-23(25)24-12-6-8-14-26(24)27/h2-14,21,27-29H,15-20H2,1H3,(H,33,38)(H,34,39)(H,36,37). The van der Waals surface area contributed by atoms with Gasteiger partial charge in [-0.25, -0.2) is 4.79 Å². The van der Waals surface area contributed by atoms with E-state index in [1.54, 1.807) is 0 Å². The number of carbonyl (C=O) groups excluding carboxylic acids is 2. The second-order valence-corrected chi connectivity index (χ2v) is 10.6. The number of carboxylic acid groups (broad SMARTS) is 1. The van der Waals surface area contributed by atoms with E-state index >= 15 is 0 Å². The van der Waals surface area contributed by atoms with Crippen molar-refractivity contribution in [2.75, 3.05) is 13.2 Å². The number of hydrogen-bond acceptors (Lipinski definition) is 5. The molecule has 8 nitrogen and oxygen atoms in total. The second kappa shape index (κ2) is 12.3. The first-order chi connectivity index (χ1) is 19.4. The van der Waals surface area contributed by atoms with E-state index in [0.717, 1.165) is 41.8 Å². The van der Waals surface area contributed by atoms with Gasteiger partial charge in [0.25, 0.3) is 0 Å². The maximum absolute atomic E-state index is 13.3. The van der Waals surface area contributed by atoms with Crippen molar-refractivity contribution in [3.8, 4) is 11.1 Å². The molecule has 0 saturated carbocycles. The third-order valence-electron chi connectivity index (χ3n) is 8.04. The zero-order valence-corrected chi connectivity index (χ0v) is 22.6. The van der Waals surface area contributed by atoms with E-state index in [0.29, 0.717) is 0 Å². The van der Waals surface area contributed by atoms with Crippen LogP contribution in [0.25, 0.3) is 11.1 Å². The van der Waals surface area contributed by atoms with Gasteiger partial charge >= 0.3 is 12.1 Å². The van der Waals surface area contributed by atoms with Crippen LogP contribution in [0, 0.1) is 0 Å². The van der Waals surface area contributed by atoms with Crippen LogP contribution in [0.3, 0.4) is 0 Å². The zero-order chi connectivity index (χ0) is 28.1. The van der Waals surface area contributed by atoms with Crippen LogP contribution in [0.1, 0.15) is 48.8 Å². The zero-order valence-electron chi connectivity index (χ0n) is 22.6. The van der Waals surface area contributed by atoms with E-state index in [-0.39, 0.29) is 37.5 Å². The number of nitrogens with one attached hydrogen (secondary N) is 2. The highest BCUT2D eigenvalue weighted by Crippen LogP contribution is 2.44. The minimum atomic E-state index is -1.03. The van der Waals surface area contributed by atoms with Crippen molar-refractivity contribution < 1.29 is 24.2 Å². The first kappa shape index (κ1) is 27.4. The second-order valence-electron chi connectivity index (χ2n) is 10.6. The number of hydrogen-bond donors (Lipinski definition) is 3. The summed E-state index contributed by atoms with van der Waals surface area (Å²) in [5, 5.41) is 14.9. The lowest BCUT2D eigenvalue weighted by molar-refractivity contribution is -0.137. The van der Waals surface area contributed by atoms with Crippen LogP contribution >= 0.6 is 0 Å².